The molecule has 0 heterocycles. The summed E-state index contributed by atoms with van der Waals surface area (Å²) in [5.41, 5.74) is 0.347. The molecule has 0 aliphatic rings. The van der Waals surface area contributed by atoms with Crippen LogP contribution in [0.3, 0.4) is 0 Å². The lowest BCUT2D eigenvalue weighted by molar-refractivity contribution is 0.0784. The van der Waals surface area contributed by atoms with Gasteiger partial charge in [0.1, 0.15) is 5.82 Å². The van der Waals surface area contributed by atoms with Gasteiger partial charge in [0, 0.05) is 18.7 Å². The molecule has 1 aromatic carbocycles. The SMILES string of the molecule is CCCCN(CCO)CC(C)C(O)c1ccccc1F. The van der Waals surface area contributed by atoms with Crippen LogP contribution in [0.4, 0.5) is 4.39 Å². The maximum atomic E-state index is 13.7. The highest BCUT2D eigenvalue weighted by Crippen LogP contribution is 2.24. The van der Waals surface area contributed by atoms with Crippen LogP contribution >= 0.6 is 0 Å². The van der Waals surface area contributed by atoms with Crippen LogP contribution in [0.15, 0.2) is 24.3 Å². The molecule has 20 heavy (non-hydrogen) atoms. The van der Waals surface area contributed by atoms with Gasteiger partial charge in [-0.1, -0.05) is 38.5 Å². The Morgan fingerprint density at radius 2 is 1.95 bits per heavy atom. The molecule has 2 N–H and O–H groups in total. The summed E-state index contributed by atoms with van der Waals surface area (Å²) in [6.45, 7) is 6.27. The van der Waals surface area contributed by atoms with Crippen LogP contribution < -0.4 is 0 Å². The minimum absolute atomic E-state index is 0.0877. The number of aliphatic hydroxyl groups is 2. The van der Waals surface area contributed by atoms with Crippen LogP contribution in [-0.2, 0) is 0 Å². The van der Waals surface area contributed by atoms with Gasteiger partial charge in [0.25, 0.3) is 0 Å². The molecule has 2 atom stereocenters. The molecule has 0 aliphatic heterocycles. The molecule has 3 nitrogen and oxygen atoms in total. The maximum absolute atomic E-state index is 13.7. The van der Waals surface area contributed by atoms with Crippen LogP contribution in [0.25, 0.3) is 0 Å². The second-order valence-electron chi connectivity index (χ2n) is 5.32. The fourth-order valence-corrected chi connectivity index (χ4v) is 2.35. The van der Waals surface area contributed by atoms with Crippen LogP contribution in [0.1, 0.15) is 38.4 Å². The number of rotatable bonds is 9. The molecule has 0 fully saturated rings. The van der Waals surface area contributed by atoms with Gasteiger partial charge in [0.15, 0.2) is 0 Å². The summed E-state index contributed by atoms with van der Waals surface area (Å²) in [6.07, 6.45) is 1.33. The van der Waals surface area contributed by atoms with Crippen molar-refractivity contribution in [2.24, 2.45) is 5.92 Å². The zero-order valence-electron chi connectivity index (χ0n) is 12.4. The minimum atomic E-state index is -0.820. The van der Waals surface area contributed by atoms with Crippen molar-refractivity contribution < 1.29 is 14.6 Å². The van der Waals surface area contributed by atoms with E-state index in [-0.39, 0.29) is 18.3 Å². The lowest BCUT2D eigenvalue weighted by Gasteiger charge is -2.28. The average Bonchev–Trinajstić information content (AvgIpc) is 2.44. The summed E-state index contributed by atoms with van der Waals surface area (Å²) in [7, 11) is 0. The molecule has 0 aliphatic carbocycles. The number of unbranched alkanes of at least 4 members (excludes halogenated alkanes) is 1. The normalized spacial score (nSPS) is 14.5. The third-order valence-electron chi connectivity index (χ3n) is 3.55. The van der Waals surface area contributed by atoms with Gasteiger partial charge in [-0.3, -0.25) is 0 Å². The number of halogens is 1. The Morgan fingerprint density at radius 3 is 2.55 bits per heavy atom. The fraction of sp³-hybridized carbons (Fsp3) is 0.625. The van der Waals surface area contributed by atoms with Gasteiger partial charge in [0.05, 0.1) is 12.7 Å². The standard InChI is InChI=1S/C16H26FNO2/c1-3-4-9-18(10-11-19)12-13(2)16(20)14-7-5-6-8-15(14)17/h5-8,13,16,19-20H,3-4,9-12H2,1-2H3. The molecule has 0 spiro atoms. The highest BCUT2D eigenvalue weighted by molar-refractivity contribution is 5.20. The van der Waals surface area contributed by atoms with Crippen molar-refractivity contribution in [2.45, 2.75) is 32.8 Å². The van der Waals surface area contributed by atoms with Crippen LogP contribution in [-0.4, -0.2) is 41.4 Å². The molecular formula is C16H26FNO2. The van der Waals surface area contributed by atoms with E-state index in [2.05, 4.69) is 11.8 Å². The van der Waals surface area contributed by atoms with Gasteiger partial charge >= 0.3 is 0 Å². The second-order valence-corrected chi connectivity index (χ2v) is 5.32. The molecule has 1 aromatic rings. The number of nitrogens with zero attached hydrogens (tertiary/aromatic N) is 1. The van der Waals surface area contributed by atoms with Gasteiger partial charge in [-0.2, -0.15) is 0 Å². The van der Waals surface area contributed by atoms with Crippen molar-refractivity contribution in [3.05, 3.63) is 35.6 Å². The lowest BCUT2D eigenvalue weighted by Crippen LogP contribution is -2.34. The van der Waals surface area contributed by atoms with Gasteiger partial charge in [-0.15, -0.1) is 0 Å². The van der Waals surface area contributed by atoms with Crippen molar-refractivity contribution in [1.29, 1.82) is 0 Å². The first-order chi connectivity index (χ1) is 9.60. The van der Waals surface area contributed by atoms with Gasteiger partial charge in [0.2, 0.25) is 0 Å². The van der Waals surface area contributed by atoms with E-state index in [1.165, 1.54) is 6.07 Å². The van der Waals surface area contributed by atoms with Crippen molar-refractivity contribution in [3.63, 3.8) is 0 Å². The summed E-state index contributed by atoms with van der Waals surface area (Å²) < 4.78 is 13.7. The molecule has 4 heteroatoms. The summed E-state index contributed by atoms with van der Waals surface area (Å²) in [5, 5.41) is 19.4. The number of benzene rings is 1. The van der Waals surface area contributed by atoms with E-state index in [1.807, 2.05) is 6.92 Å². The third kappa shape index (κ3) is 5.19. The third-order valence-corrected chi connectivity index (χ3v) is 3.55. The fourth-order valence-electron chi connectivity index (χ4n) is 2.35. The summed E-state index contributed by atoms with van der Waals surface area (Å²) in [4.78, 5) is 2.12. The molecule has 114 valence electrons. The number of hydrogen-bond acceptors (Lipinski definition) is 3. The van der Waals surface area contributed by atoms with E-state index < -0.39 is 6.10 Å². The predicted molar refractivity (Wildman–Crippen MR) is 79.0 cm³/mol. The van der Waals surface area contributed by atoms with Crippen LogP contribution in [0.5, 0.6) is 0 Å². The van der Waals surface area contributed by atoms with Crippen molar-refractivity contribution in [3.8, 4) is 0 Å². The highest BCUT2D eigenvalue weighted by atomic mass is 19.1. The van der Waals surface area contributed by atoms with Crippen molar-refractivity contribution in [2.75, 3.05) is 26.2 Å². The molecule has 0 bridgehead atoms. The van der Waals surface area contributed by atoms with E-state index in [0.29, 0.717) is 18.7 Å². The predicted octanol–water partition coefficient (Wildman–Crippen LogP) is 2.59. The summed E-state index contributed by atoms with van der Waals surface area (Å²) >= 11 is 0. The minimum Gasteiger partial charge on any atom is -0.395 e. The monoisotopic (exact) mass is 283 g/mol. The molecule has 0 aromatic heterocycles. The topological polar surface area (TPSA) is 43.7 Å². The quantitative estimate of drug-likeness (QED) is 0.732. The largest absolute Gasteiger partial charge is 0.395 e. The van der Waals surface area contributed by atoms with Gasteiger partial charge < -0.3 is 15.1 Å². The first-order valence-corrected chi connectivity index (χ1v) is 7.35. The van der Waals surface area contributed by atoms with E-state index in [9.17, 15) is 9.50 Å². The van der Waals surface area contributed by atoms with Crippen molar-refractivity contribution >= 4 is 0 Å². The average molecular weight is 283 g/mol. The maximum Gasteiger partial charge on any atom is 0.129 e. The van der Waals surface area contributed by atoms with E-state index in [4.69, 9.17) is 5.11 Å². The van der Waals surface area contributed by atoms with Crippen LogP contribution in [0, 0.1) is 11.7 Å². The number of aliphatic hydroxyl groups excluding tert-OH is 2. The smallest absolute Gasteiger partial charge is 0.129 e. The Bertz CT molecular complexity index is 386. The first kappa shape index (κ1) is 17.1. The van der Waals surface area contributed by atoms with E-state index in [1.54, 1.807) is 18.2 Å². The van der Waals surface area contributed by atoms with Crippen molar-refractivity contribution in [1.82, 2.24) is 4.90 Å². The lowest BCUT2D eigenvalue weighted by atomic mass is 9.96. The molecular weight excluding hydrogens is 257 g/mol. The molecule has 1 rings (SSSR count). The Hall–Kier alpha value is -0.970. The van der Waals surface area contributed by atoms with Crippen LogP contribution in [0.2, 0.25) is 0 Å². The van der Waals surface area contributed by atoms with Gasteiger partial charge in [-0.05, 0) is 24.9 Å². The molecule has 2 unspecified atom stereocenters. The van der Waals surface area contributed by atoms with Gasteiger partial charge in [-0.25, -0.2) is 4.39 Å². The molecule has 0 amide bonds. The highest BCUT2D eigenvalue weighted by Gasteiger charge is 2.21. The summed E-state index contributed by atoms with van der Waals surface area (Å²) in [6, 6.07) is 6.35. The van der Waals surface area contributed by atoms with E-state index >= 15 is 0 Å². The number of hydrogen-bond donors (Lipinski definition) is 2. The molecule has 0 radical (unpaired) electrons. The van der Waals surface area contributed by atoms with E-state index in [0.717, 1.165) is 19.4 Å². The zero-order valence-corrected chi connectivity index (χ0v) is 12.4. The Kier molecular flexibility index (Phi) is 7.73. The Balaban J connectivity index is 2.63. The second kappa shape index (κ2) is 9.06. The zero-order chi connectivity index (χ0) is 15.0. The Labute approximate surface area is 121 Å². The summed E-state index contributed by atoms with van der Waals surface area (Å²) in [5.74, 6) is -0.454. The molecule has 0 saturated carbocycles. The first-order valence-electron chi connectivity index (χ1n) is 7.35. The Morgan fingerprint density at radius 1 is 1.25 bits per heavy atom. The molecule has 0 saturated heterocycles.